The molecule has 0 bridgehead atoms. The molecule has 5 heteroatoms. The van der Waals surface area contributed by atoms with E-state index in [2.05, 4.69) is 10.1 Å². The van der Waals surface area contributed by atoms with Gasteiger partial charge in [0.1, 0.15) is 11.6 Å². The van der Waals surface area contributed by atoms with Gasteiger partial charge in [-0.15, -0.1) is 0 Å². The summed E-state index contributed by atoms with van der Waals surface area (Å²) < 4.78 is 1.40. The fraction of sp³-hybridized carbons (Fsp3) is 0. The first-order valence-electron chi connectivity index (χ1n) is 3.24. The van der Waals surface area contributed by atoms with Crippen molar-refractivity contribution in [3.8, 4) is 11.8 Å². The first kappa shape index (κ1) is 6.61. The van der Waals surface area contributed by atoms with Gasteiger partial charge in [-0.2, -0.15) is 10.4 Å². The largest absolute Gasteiger partial charge is 0.503 e. The zero-order valence-electron chi connectivity index (χ0n) is 5.97. The van der Waals surface area contributed by atoms with Crippen molar-refractivity contribution in [2.45, 2.75) is 0 Å². The molecular formula is C7H4N4O. The second-order valence-corrected chi connectivity index (χ2v) is 2.21. The van der Waals surface area contributed by atoms with Crippen LogP contribution >= 0.6 is 0 Å². The molecule has 2 heterocycles. The van der Waals surface area contributed by atoms with Crippen LogP contribution in [-0.4, -0.2) is 19.7 Å². The summed E-state index contributed by atoms with van der Waals surface area (Å²) >= 11 is 0. The van der Waals surface area contributed by atoms with Gasteiger partial charge in [0.15, 0.2) is 11.4 Å². The lowest BCUT2D eigenvalue weighted by molar-refractivity contribution is 0.473. The average Bonchev–Trinajstić information content (AvgIpc) is 2.53. The monoisotopic (exact) mass is 160 g/mol. The first-order valence-corrected chi connectivity index (χ1v) is 3.24. The van der Waals surface area contributed by atoms with Gasteiger partial charge in [0, 0.05) is 12.4 Å². The van der Waals surface area contributed by atoms with Crippen LogP contribution in [0.1, 0.15) is 5.56 Å². The van der Waals surface area contributed by atoms with Crippen LogP contribution in [0.3, 0.4) is 0 Å². The molecule has 0 amide bonds. The second-order valence-electron chi connectivity index (χ2n) is 2.21. The molecular weight excluding hydrogens is 156 g/mol. The second kappa shape index (κ2) is 2.20. The van der Waals surface area contributed by atoms with Crippen molar-refractivity contribution in [2.24, 2.45) is 0 Å². The van der Waals surface area contributed by atoms with Crippen LogP contribution in [0.15, 0.2) is 18.6 Å². The van der Waals surface area contributed by atoms with E-state index < -0.39 is 0 Å². The molecule has 1 N–H and O–H groups in total. The highest BCUT2D eigenvalue weighted by Crippen LogP contribution is 2.18. The van der Waals surface area contributed by atoms with E-state index >= 15 is 0 Å². The molecule has 0 aromatic carbocycles. The van der Waals surface area contributed by atoms with Crippen LogP contribution in [0, 0.1) is 11.3 Å². The Kier molecular flexibility index (Phi) is 1.21. The number of hydrogen-bond acceptors (Lipinski definition) is 4. The third kappa shape index (κ3) is 0.720. The molecule has 0 aliphatic heterocycles. The van der Waals surface area contributed by atoms with E-state index in [4.69, 9.17) is 5.26 Å². The maximum Gasteiger partial charge on any atom is 0.197 e. The summed E-state index contributed by atoms with van der Waals surface area (Å²) in [6.45, 7) is 0. The zero-order valence-corrected chi connectivity index (χ0v) is 5.97. The molecule has 2 aromatic rings. The van der Waals surface area contributed by atoms with Crippen molar-refractivity contribution in [3.63, 3.8) is 0 Å². The van der Waals surface area contributed by atoms with Gasteiger partial charge in [-0.25, -0.2) is 9.50 Å². The third-order valence-electron chi connectivity index (χ3n) is 1.52. The lowest BCUT2D eigenvalue weighted by Gasteiger charge is -1.95. The molecule has 0 aliphatic rings. The van der Waals surface area contributed by atoms with Crippen LogP contribution in [0.2, 0.25) is 0 Å². The molecule has 2 aromatic heterocycles. The van der Waals surface area contributed by atoms with Gasteiger partial charge in [0.2, 0.25) is 0 Å². The van der Waals surface area contributed by atoms with E-state index in [-0.39, 0.29) is 11.3 Å². The van der Waals surface area contributed by atoms with Gasteiger partial charge in [0.25, 0.3) is 0 Å². The summed E-state index contributed by atoms with van der Waals surface area (Å²) in [6.07, 6.45) is 4.39. The molecule has 0 unspecified atom stereocenters. The van der Waals surface area contributed by atoms with Crippen LogP contribution in [0.4, 0.5) is 0 Å². The van der Waals surface area contributed by atoms with Crippen molar-refractivity contribution in [2.75, 3.05) is 0 Å². The minimum absolute atomic E-state index is 0.127. The number of nitriles is 1. The minimum atomic E-state index is -0.127. The molecule has 0 atom stereocenters. The fourth-order valence-corrected chi connectivity index (χ4v) is 0.943. The quantitative estimate of drug-likeness (QED) is 0.601. The molecule has 0 saturated heterocycles. The van der Waals surface area contributed by atoms with Gasteiger partial charge in [-0.1, -0.05) is 0 Å². The van der Waals surface area contributed by atoms with Crippen molar-refractivity contribution < 1.29 is 5.11 Å². The minimum Gasteiger partial charge on any atom is -0.503 e. The van der Waals surface area contributed by atoms with E-state index in [9.17, 15) is 5.11 Å². The molecule has 12 heavy (non-hydrogen) atoms. The Bertz CT molecular complexity index is 468. The molecule has 0 spiro atoms. The van der Waals surface area contributed by atoms with Crippen LogP contribution in [-0.2, 0) is 0 Å². The average molecular weight is 160 g/mol. The molecule has 0 aliphatic carbocycles. The summed E-state index contributed by atoms with van der Waals surface area (Å²) in [4.78, 5) is 3.83. The molecule has 2 rings (SSSR count). The fourth-order valence-electron chi connectivity index (χ4n) is 0.943. The topological polar surface area (TPSA) is 74.2 Å². The zero-order chi connectivity index (χ0) is 8.55. The van der Waals surface area contributed by atoms with Gasteiger partial charge in [-0.05, 0) is 0 Å². The van der Waals surface area contributed by atoms with E-state index in [0.29, 0.717) is 5.65 Å². The number of nitrogens with zero attached hydrogens (tertiary/aromatic N) is 4. The third-order valence-corrected chi connectivity index (χ3v) is 1.52. The lowest BCUT2D eigenvalue weighted by Crippen LogP contribution is -1.91. The summed E-state index contributed by atoms with van der Waals surface area (Å²) in [5.74, 6) is -0.127. The van der Waals surface area contributed by atoms with Crippen molar-refractivity contribution in [1.29, 1.82) is 5.26 Å². The Labute approximate surface area is 67.5 Å². The Morgan fingerprint density at radius 2 is 2.42 bits per heavy atom. The Balaban J connectivity index is 2.89. The van der Waals surface area contributed by atoms with Crippen molar-refractivity contribution in [3.05, 3.63) is 24.2 Å². The van der Waals surface area contributed by atoms with Gasteiger partial charge >= 0.3 is 0 Å². The van der Waals surface area contributed by atoms with Gasteiger partial charge in [-0.3, -0.25) is 0 Å². The highest BCUT2D eigenvalue weighted by Gasteiger charge is 2.06. The number of aromatic hydroxyl groups is 1. The Morgan fingerprint density at radius 1 is 1.58 bits per heavy atom. The lowest BCUT2D eigenvalue weighted by atomic mass is 10.3. The smallest absolute Gasteiger partial charge is 0.197 e. The summed E-state index contributed by atoms with van der Waals surface area (Å²) in [6, 6.07) is 1.81. The van der Waals surface area contributed by atoms with Crippen LogP contribution < -0.4 is 0 Å². The molecule has 58 valence electrons. The van der Waals surface area contributed by atoms with Gasteiger partial charge in [0.05, 0.1) is 6.20 Å². The number of aromatic nitrogens is 3. The van der Waals surface area contributed by atoms with Gasteiger partial charge < -0.3 is 5.11 Å². The maximum absolute atomic E-state index is 9.39. The number of imidazole rings is 1. The Hall–Kier alpha value is -2.09. The van der Waals surface area contributed by atoms with Crippen LogP contribution in [0.5, 0.6) is 5.75 Å². The summed E-state index contributed by atoms with van der Waals surface area (Å²) in [5, 5.41) is 21.8. The van der Waals surface area contributed by atoms with E-state index in [1.807, 2.05) is 6.07 Å². The molecule has 0 saturated carbocycles. The van der Waals surface area contributed by atoms with Crippen LogP contribution in [0.25, 0.3) is 5.65 Å². The summed E-state index contributed by atoms with van der Waals surface area (Å²) in [5.41, 5.74) is 0.433. The number of fused-ring (bicyclic) bond motifs is 1. The molecule has 5 nitrogen and oxygen atoms in total. The summed E-state index contributed by atoms with van der Waals surface area (Å²) in [7, 11) is 0. The standard InChI is InChI=1S/C7H4N4O/c8-3-5-4-10-11-2-1-9-7(11)6(5)12/h1-2,4,12H. The number of hydrogen-bond donors (Lipinski definition) is 1. The Morgan fingerprint density at radius 3 is 3.17 bits per heavy atom. The highest BCUT2D eigenvalue weighted by atomic mass is 16.3. The van der Waals surface area contributed by atoms with E-state index in [1.165, 1.54) is 16.9 Å². The SMILES string of the molecule is N#Cc1cnn2ccnc2c1O. The molecule has 0 radical (unpaired) electrons. The maximum atomic E-state index is 9.39. The van der Waals surface area contributed by atoms with E-state index in [1.54, 1.807) is 6.20 Å². The normalized spacial score (nSPS) is 9.92. The van der Waals surface area contributed by atoms with Crippen molar-refractivity contribution >= 4 is 5.65 Å². The predicted octanol–water partition coefficient (Wildman–Crippen LogP) is 0.307. The van der Waals surface area contributed by atoms with E-state index in [0.717, 1.165) is 0 Å². The molecule has 0 fully saturated rings. The highest BCUT2D eigenvalue weighted by molar-refractivity contribution is 5.58. The first-order chi connectivity index (χ1) is 5.83. The number of rotatable bonds is 0. The predicted molar refractivity (Wildman–Crippen MR) is 39.4 cm³/mol. The van der Waals surface area contributed by atoms with Crippen molar-refractivity contribution in [1.82, 2.24) is 14.6 Å².